The largest absolute Gasteiger partial charge is 0.391 e. The van der Waals surface area contributed by atoms with Gasteiger partial charge < -0.3 is 9.59 Å². The van der Waals surface area contributed by atoms with E-state index in [4.69, 9.17) is 5.11 Å². The second kappa shape index (κ2) is 7.46. The first kappa shape index (κ1) is 13.0. The van der Waals surface area contributed by atoms with Crippen molar-refractivity contribution in [1.29, 1.82) is 0 Å². The van der Waals surface area contributed by atoms with Gasteiger partial charge in [0.1, 0.15) is 6.54 Å². The first-order valence-electron chi connectivity index (χ1n) is 3.59. The molecule has 0 saturated heterocycles. The third-order valence-electron chi connectivity index (χ3n) is 0.771. The van der Waals surface area contributed by atoms with Crippen LogP contribution < -0.4 is 0 Å². The van der Waals surface area contributed by atoms with Gasteiger partial charge in [-0.15, -0.1) is 9.24 Å². The lowest BCUT2D eigenvalue weighted by molar-refractivity contribution is -0.870. The standard InChI is InChI=1S/C5H14NO.C2H7P/c1-6(2,3)4-5-7;1-2-3/h7H,4-5H2,1-3H3;2-3H2,1H3/q+1;. The smallest absolute Gasteiger partial charge is 0.101 e. The van der Waals surface area contributed by atoms with Crippen LogP contribution in [-0.4, -0.2) is 50.0 Å². The van der Waals surface area contributed by atoms with Crippen LogP contribution in [0.25, 0.3) is 0 Å². The number of rotatable bonds is 2. The molecule has 0 fully saturated rings. The third kappa shape index (κ3) is 23.8. The molecule has 1 unspecified atom stereocenters. The average molecular weight is 166 g/mol. The number of hydrogen-bond acceptors (Lipinski definition) is 1. The number of quaternary nitrogens is 1. The zero-order valence-corrected chi connectivity index (χ0v) is 8.75. The fourth-order valence-electron chi connectivity index (χ4n) is 0.300. The zero-order chi connectivity index (χ0) is 8.62. The fraction of sp³-hybridized carbons (Fsp3) is 1.00. The Balaban J connectivity index is 0. The van der Waals surface area contributed by atoms with Gasteiger partial charge in [0.2, 0.25) is 0 Å². The van der Waals surface area contributed by atoms with Crippen molar-refractivity contribution in [3.63, 3.8) is 0 Å². The summed E-state index contributed by atoms with van der Waals surface area (Å²) >= 11 is 0. The molecule has 0 bridgehead atoms. The highest BCUT2D eigenvalue weighted by Crippen LogP contribution is 1.84. The van der Waals surface area contributed by atoms with Crippen LogP contribution in [0.15, 0.2) is 0 Å². The van der Waals surface area contributed by atoms with E-state index < -0.39 is 0 Å². The molecule has 64 valence electrons. The molecule has 0 radical (unpaired) electrons. The number of aliphatic hydroxyl groups excluding tert-OH is 1. The van der Waals surface area contributed by atoms with Crippen LogP contribution in [0, 0.1) is 0 Å². The molecule has 1 atom stereocenters. The molecule has 0 aliphatic carbocycles. The van der Waals surface area contributed by atoms with Gasteiger partial charge >= 0.3 is 0 Å². The molecular weight excluding hydrogens is 145 g/mol. The topological polar surface area (TPSA) is 20.2 Å². The van der Waals surface area contributed by atoms with Gasteiger partial charge in [-0.2, -0.15) is 0 Å². The van der Waals surface area contributed by atoms with Crippen molar-refractivity contribution in [3.05, 3.63) is 0 Å². The van der Waals surface area contributed by atoms with Gasteiger partial charge in [0.15, 0.2) is 0 Å². The molecule has 10 heavy (non-hydrogen) atoms. The molecule has 0 aliphatic rings. The van der Waals surface area contributed by atoms with Crippen LogP contribution >= 0.6 is 9.24 Å². The quantitative estimate of drug-likeness (QED) is 0.469. The molecule has 2 nitrogen and oxygen atoms in total. The van der Waals surface area contributed by atoms with E-state index in [-0.39, 0.29) is 6.61 Å². The minimum atomic E-state index is 0.281. The highest BCUT2D eigenvalue weighted by Gasteiger charge is 2.02. The third-order valence-corrected chi connectivity index (χ3v) is 0.771. The number of likely N-dealkylation sites (N-methyl/N-ethyl adjacent to an activating group) is 1. The van der Waals surface area contributed by atoms with E-state index in [0.29, 0.717) is 0 Å². The molecule has 0 aromatic heterocycles. The number of aliphatic hydroxyl groups is 1. The van der Waals surface area contributed by atoms with Crippen LogP contribution in [0.1, 0.15) is 6.92 Å². The predicted molar refractivity (Wildman–Crippen MR) is 50.2 cm³/mol. The molecule has 0 heterocycles. The van der Waals surface area contributed by atoms with Crippen LogP contribution in [0.3, 0.4) is 0 Å². The van der Waals surface area contributed by atoms with Crippen molar-refractivity contribution in [2.45, 2.75) is 6.92 Å². The summed E-state index contributed by atoms with van der Waals surface area (Å²) in [7, 11) is 8.73. The summed E-state index contributed by atoms with van der Waals surface area (Å²) in [6, 6.07) is 0. The maximum Gasteiger partial charge on any atom is 0.101 e. The molecule has 0 aliphatic heterocycles. The Bertz CT molecular complexity index is 61.1. The summed E-state index contributed by atoms with van der Waals surface area (Å²) < 4.78 is 0.844. The van der Waals surface area contributed by atoms with Gasteiger partial charge in [0.25, 0.3) is 0 Å². The molecule has 0 rings (SSSR count). The second-order valence-corrected chi connectivity index (χ2v) is 3.96. The summed E-state index contributed by atoms with van der Waals surface area (Å²) in [5.74, 6) is 0. The Hall–Kier alpha value is 0.350. The minimum Gasteiger partial charge on any atom is -0.391 e. The van der Waals surface area contributed by atoms with E-state index in [1.807, 2.05) is 0 Å². The van der Waals surface area contributed by atoms with Crippen molar-refractivity contribution in [2.24, 2.45) is 0 Å². The highest BCUT2D eigenvalue weighted by molar-refractivity contribution is 7.16. The predicted octanol–water partition coefficient (Wildman–Crippen LogP) is 0.566. The van der Waals surface area contributed by atoms with Gasteiger partial charge in [-0.3, -0.25) is 0 Å². The molecular formula is C7H21NOP+. The number of hydrogen-bond donors (Lipinski definition) is 1. The normalized spacial score (nSPS) is 10.2. The van der Waals surface area contributed by atoms with E-state index in [0.717, 1.165) is 11.0 Å². The van der Waals surface area contributed by atoms with E-state index in [1.165, 1.54) is 6.16 Å². The Labute approximate surface area is 67.0 Å². The van der Waals surface area contributed by atoms with Crippen LogP contribution in [0.4, 0.5) is 0 Å². The molecule has 0 spiro atoms. The van der Waals surface area contributed by atoms with Crippen molar-refractivity contribution < 1.29 is 9.59 Å². The summed E-state index contributed by atoms with van der Waals surface area (Å²) in [6.07, 6.45) is 1.17. The summed E-state index contributed by atoms with van der Waals surface area (Å²) in [5.41, 5.74) is 0. The summed E-state index contributed by atoms with van der Waals surface area (Å²) in [6.45, 7) is 3.20. The van der Waals surface area contributed by atoms with Gasteiger partial charge in [-0.1, -0.05) is 6.92 Å². The van der Waals surface area contributed by atoms with Gasteiger partial charge in [-0.05, 0) is 6.16 Å². The number of nitrogens with zero attached hydrogens (tertiary/aromatic N) is 1. The maximum atomic E-state index is 8.39. The first-order valence-corrected chi connectivity index (χ1v) is 4.41. The fourth-order valence-corrected chi connectivity index (χ4v) is 0.300. The second-order valence-electron chi connectivity index (χ2n) is 3.15. The first-order chi connectivity index (χ1) is 4.47. The zero-order valence-electron chi connectivity index (χ0n) is 7.59. The van der Waals surface area contributed by atoms with Crippen molar-refractivity contribution in [1.82, 2.24) is 0 Å². The average Bonchev–Trinajstić information content (AvgIpc) is 1.63. The lowest BCUT2D eigenvalue weighted by atomic mass is 10.5. The summed E-state index contributed by atoms with van der Waals surface area (Å²) in [4.78, 5) is 0. The highest BCUT2D eigenvalue weighted by atomic mass is 31.0. The Morgan fingerprint density at radius 3 is 1.60 bits per heavy atom. The molecule has 0 amide bonds. The Morgan fingerprint density at radius 2 is 1.60 bits per heavy atom. The van der Waals surface area contributed by atoms with E-state index >= 15 is 0 Å². The van der Waals surface area contributed by atoms with Gasteiger partial charge in [-0.25, -0.2) is 0 Å². The molecule has 0 saturated carbocycles. The Morgan fingerprint density at radius 1 is 1.30 bits per heavy atom. The SMILES string of the molecule is CCP.C[N+](C)(C)CCO. The minimum absolute atomic E-state index is 0.281. The van der Waals surface area contributed by atoms with Crippen molar-refractivity contribution in [3.8, 4) is 0 Å². The van der Waals surface area contributed by atoms with E-state index in [9.17, 15) is 0 Å². The maximum absolute atomic E-state index is 8.39. The van der Waals surface area contributed by atoms with Gasteiger partial charge in [0, 0.05) is 0 Å². The van der Waals surface area contributed by atoms with Crippen molar-refractivity contribution in [2.75, 3.05) is 40.5 Å². The van der Waals surface area contributed by atoms with Gasteiger partial charge in [0.05, 0.1) is 27.7 Å². The van der Waals surface area contributed by atoms with E-state index in [2.05, 4.69) is 37.3 Å². The molecule has 0 aromatic rings. The molecule has 1 N–H and O–H groups in total. The molecule has 0 aromatic carbocycles. The summed E-state index contributed by atoms with van der Waals surface area (Å²) in [5, 5.41) is 8.39. The monoisotopic (exact) mass is 166 g/mol. The lowest BCUT2D eigenvalue weighted by Crippen LogP contribution is -2.36. The van der Waals surface area contributed by atoms with E-state index in [1.54, 1.807) is 0 Å². The van der Waals surface area contributed by atoms with Crippen LogP contribution in [-0.2, 0) is 0 Å². The lowest BCUT2D eigenvalue weighted by Gasteiger charge is -2.21. The Kier molecular flexibility index (Phi) is 9.68. The van der Waals surface area contributed by atoms with Crippen molar-refractivity contribution >= 4 is 9.24 Å². The van der Waals surface area contributed by atoms with Crippen LogP contribution in [0.5, 0.6) is 0 Å². The van der Waals surface area contributed by atoms with Crippen LogP contribution in [0.2, 0.25) is 0 Å². The molecule has 3 heteroatoms.